The van der Waals surface area contributed by atoms with Crippen LogP contribution in [0.4, 0.5) is 11.6 Å². The van der Waals surface area contributed by atoms with Gasteiger partial charge in [-0.05, 0) is 42.0 Å². The van der Waals surface area contributed by atoms with Gasteiger partial charge >= 0.3 is 0 Å². The molecule has 0 radical (unpaired) electrons. The Labute approximate surface area is 152 Å². The normalized spacial score (nSPS) is 14.9. The highest BCUT2D eigenvalue weighted by atomic mass is 16.5. The van der Waals surface area contributed by atoms with Crippen LogP contribution >= 0.6 is 0 Å². The molecule has 6 bridgehead atoms. The van der Waals surface area contributed by atoms with Crippen molar-refractivity contribution in [3.05, 3.63) is 78.7 Å². The minimum atomic E-state index is 0.508. The van der Waals surface area contributed by atoms with Crippen LogP contribution in [0.15, 0.2) is 73.1 Å². The summed E-state index contributed by atoms with van der Waals surface area (Å²) in [4.78, 5) is 8.95. The van der Waals surface area contributed by atoms with Crippen LogP contribution in [0.5, 0.6) is 5.75 Å². The number of ether oxygens (including phenoxy) is 2. The number of benzene rings is 2. The van der Waals surface area contributed by atoms with Gasteiger partial charge in [0.15, 0.2) is 0 Å². The molecule has 0 atom stereocenters. The van der Waals surface area contributed by atoms with E-state index in [9.17, 15) is 0 Å². The van der Waals surface area contributed by atoms with E-state index in [1.165, 1.54) is 0 Å². The van der Waals surface area contributed by atoms with Crippen LogP contribution in [-0.4, -0.2) is 16.6 Å². The van der Waals surface area contributed by atoms with E-state index in [0.717, 1.165) is 34.7 Å². The molecule has 1 N–H and O–H groups in total. The fourth-order valence-corrected chi connectivity index (χ4v) is 2.72. The van der Waals surface area contributed by atoms with Gasteiger partial charge in [-0.25, -0.2) is 9.97 Å². The van der Waals surface area contributed by atoms with E-state index < -0.39 is 0 Å². The fraction of sp³-hybridized carbons (Fsp3) is 0.143. The van der Waals surface area contributed by atoms with Gasteiger partial charge in [-0.1, -0.05) is 24.3 Å². The lowest BCUT2D eigenvalue weighted by atomic mass is 10.1. The van der Waals surface area contributed by atoms with Crippen LogP contribution in [0.1, 0.15) is 12.0 Å². The summed E-state index contributed by atoms with van der Waals surface area (Å²) < 4.78 is 11.4. The van der Waals surface area contributed by atoms with Gasteiger partial charge in [0.05, 0.1) is 18.6 Å². The van der Waals surface area contributed by atoms with Crippen LogP contribution in [0, 0.1) is 0 Å². The summed E-state index contributed by atoms with van der Waals surface area (Å²) in [7, 11) is 0. The summed E-state index contributed by atoms with van der Waals surface area (Å²) in [6.45, 7) is 1.10. The Hall–Kier alpha value is -3.34. The lowest BCUT2D eigenvalue weighted by molar-refractivity contribution is 0.234. The van der Waals surface area contributed by atoms with Gasteiger partial charge in [0.25, 0.3) is 0 Å². The maximum absolute atomic E-state index is 5.82. The summed E-state index contributed by atoms with van der Waals surface area (Å²) in [6.07, 6.45) is 6.23. The third-order valence-electron chi connectivity index (χ3n) is 3.96. The van der Waals surface area contributed by atoms with Crippen LogP contribution in [0.3, 0.4) is 0 Å². The minimum absolute atomic E-state index is 0.508. The summed E-state index contributed by atoms with van der Waals surface area (Å²) in [5.41, 5.74) is 3.83. The smallest absolute Gasteiger partial charge is 0.227 e. The average molecular weight is 345 g/mol. The maximum atomic E-state index is 5.82. The predicted molar refractivity (Wildman–Crippen MR) is 101 cm³/mol. The Morgan fingerprint density at radius 3 is 2.96 bits per heavy atom. The minimum Gasteiger partial charge on any atom is -0.497 e. The zero-order valence-electron chi connectivity index (χ0n) is 14.3. The van der Waals surface area contributed by atoms with Crippen molar-refractivity contribution in [2.45, 2.75) is 13.0 Å². The second-order valence-corrected chi connectivity index (χ2v) is 5.94. The monoisotopic (exact) mass is 345 g/mol. The number of nitrogens with one attached hydrogen (secondary N) is 1. The molecule has 0 aliphatic carbocycles. The van der Waals surface area contributed by atoms with E-state index in [1.807, 2.05) is 60.7 Å². The molecule has 0 saturated carbocycles. The van der Waals surface area contributed by atoms with Crippen molar-refractivity contribution in [3.8, 4) is 17.0 Å². The maximum Gasteiger partial charge on any atom is 0.227 e. The first-order valence-corrected chi connectivity index (χ1v) is 8.56. The van der Waals surface area contributed by atoms with E-state index in [2.05, 4.69) is 15.3 Å². The molecule has 0 saturated heterocycles. The summed E-state index contributed by atoms with van der Waals surface area (Å²) in [6, 6.07) is 17.8. The van der Waals surface area contributed by atoms with Gasteiger partial charge in [0.2, 0.25) is 5.95 Å². The van der Waals surface area contributed by atoms with Gasteiger partial charge < -0.3 is 14.8 Å². The van der Waals surface area contributed by atoms with Crippen LogP contribution in [0.2, 0.25) is 0 Å². The molecule has 3 aromatic rings. The summed E-state index contributed by atoms with van der Waals surface area (Å²) >= 11 is 0. The number of fused-ring (bicyclic) bond motifs is 7. The van der Waals surface area contributed by atoms with Crippen LogP contribution in [-0.2, 0) is 11.3 Å². The van der Waals surface area contributed by atoms with Crippen molar-refractivity contribution in [2.24, 2.45) is 0 Å². The lowest BCUT2D eigenvalue weighted by Crippen LogP contribution is -1.99. The molecule has 130 valence electrons. The van der Waals surface area contributed by atoms with Crippen molar-refractivity contribution in [2.75, 3.05) is 11.9 Å². The molecule has 5 nitrogen and oxygen atoms in total. The molecule has 1 aromatic heterocycles. The quantitative estimate of drug-likeness (QED) is 0.640. The molecule has 1 aliphatic rings. The molecule has 0 amide bonds. The summed E-state index contributed by atoms with van der Waals surface area (Å²) in [5.74, 6) is 1.37. The van der Waals surface area contributed by atoms with Crippen LogP contribution in [0.25, 0.3) is 11.3 Å². The van der Waals surface area contributed by atoms with E-state index in [-0.39, 0.29) is 0 Å². The average Bonchev–Trinajstić information content (AvgIpc) is 2.67. The standard InChI is InChI=1S/C21H19N3O2/c1-2-12-26-19-8-4-6-17(14-19)20-9-10-22-21(24-20)23-18-7-3-5-16(13-18)15-25-11-1/h1,3-11,13-14H,2,12,15H2,(H,22,23,24)/b11-1+. The first-order chi connectivity index (χ1) is 12.9. The molecule has 0 unspecified atom stereocenters. The van der Waals surface area contributed by atoms with E-state index in [1.54, 1.807) is 12.5 Å². The highest BCUT2D eigenvalue weighted by Crippen LogP contribution is 2.24. The third kappa shape index (κ3) is 4.00. The fourth-order valence-electron chi connectivity index (χ4n) is 2.72. The zero-order valence-corrected chi connectivity index (χ0v) is 14.3. The molecule has 2 aromatic carbocycles. The Balaban J connectivity index is 1.69. The largest absolute Gasteiger partial charge is 0.497 e. The van der Waals surface area contributed by atoms with Gasteiger partial charge in [0.1, 0.15) is 12.4 Å². The zero-order chi connectivity index (χ0) is 17.6. The molecular formula is C21H19N3O2. The van der Waals surface area contributed by atoms with E-state index >= 15 is 0 Å². The van der Waals surface area contributed by atoms with Gasteiger partial charge in [-0.2, -0.15) is 0 Å². The number of nitrogens with zero attached hydrogens (tertiary/aromatic N) is 2. The molecule has 26 heavy (non-hydrogen) atoms. The lowest BCUT2D eigenvalue weighted by Gasteiger charge is -2.09. The third-order valence-corrected chi connectivity index (χ3v) is 3.96. The second-order valence-electron chi connectivity index (χ2n) is 5.94. The topological polar surface area (TPSA) is 56.3 Å². The number of hydrogen-bond acceptors (Lipinski definition) is 5. The number of aromatic nitrogens is 2. The number of hydrogen-bond donors (Lipinski definition) is 1. The Morgan fingerprint density at radius 2 is 1.96 bits per heavy atom. The Kier molecular flexibility index (Phi) is 4.78. The molecule has 2 heterocycles. The first kappa shape index (κ1) is 16.1. The van der Waals surface area contributed by atoms with Crippen molar-refractivity contribution in [1.29, 1.82) is 0 Å². The van der Waals surface area contributed by atoms with E-state index in [4.69, 9.17) is 9.47 Å². The highest BCUT2D eigenvalue weighted by Gasteiger charge is 2.05. The molecule has 0 fully saturated rings. The molecule has 5 heteroatoms. The molecule has 0 spiro atoms. The Bertz CT molecular complexity index is 924. The molecular weight excluding hydrogens is 326 g/mol. The van der Waals surface area contributed by atoms with Crippen molar-refractivity contribution < 1.29 is 9.47 Å². The molecule has 1 aliphatic heterocycles. The first-order valence-electron chi connectivity index (χ1n) is 8.56. The van der Waals surface area contributed by atoms with Crippen molar-refractivity contribution in [1.82, 2.24) is 9.97 Å². The second kappa shape index (κ2) is 7.70. The number of rotatable bonds is 0. The van der Waals surface area contributed by atoms with Crippen molar-refractivity contribution >= 4 is 11.6 Å². The highest BCUT2D eigenvalue weighted by molar-refractivity contribution is 5.63. The van der Waals surface area contributed by atoms with E-state index in [0.29, 0.717) is 19.2 Å². The summed E-state index contributed by atoms with van der Waals surface area (Å²) in [5, 5.41) is 3.26. The van der Waals surface area contributed by atoms with Crippen LogP contribution < -0.4 is 10.1 Å². The van der Waals surface area contributed by atoms with Gasteiger partial charge in [-0.15, -0.1) is 0 Å². The van der Waals surface area contributed by atoms with Gasteiger partial charge in [0, 0.05) is 23.9 Å². The molecule has 4 rings (SSSR count). The SMILES string of the molecule is C1=C/OCc2cccc(c2)Nc2nccc(n2)-c2cccc(c2)OCC/1. The van der Waals surface area contributed by atoms with Gasteiger partial charge in [-0.3, -0.25) is 0 Å². The van der Waals surface area contributed by atoms with Crippen molar-refractivity contribution in [3.63, 3.8) is 0 Å². The Morgan fingerprint density at radius 1 is 1.00 bits per heavy atom. The predicted octanol–water partition coefficient (Wildman–Crippen LogP) is 4.70. The number of anilines is 2.